The van der Waals surface area contributed by atoms with Crippen molar-refractivity contribution in [2.24, 2.45) is 5.10 Å². The van der Waals surface area contributed by atoms with Gasteiger partial charge in [-0.3, -0.25) is 4.79 Å². The molecule has 0 radical (unpaired) electrons. The fourth-order valence-electron chi connectivity index (χ4n) is 2.70. The Hall–Kier alpha value is -3.65. The Morgan fingerprint density at radius 1 is 1.00 bits per heavy atom. The molecule has 0 saturated carbocycles. The maximum absolute atomic E-state index is 12.5. The van der Waals surface area contributed by atoms with Crippen molar-refractivity contribution >= 4 is 34.0 Å². The Morgan fingerprint density at radius 3 is 2.47 bits per heavy atom. The molecule has 0 saturated heterocycles. The van der Waals surface area contributed by atoms with Crippen molar-refractivity contribution in [1.82, 2.24) is 5.43 Å². The molecule has 0 aliphatic heterocycles. The quantitative estimate of drug-likeness (QED) is 0.208. The molecule has 0 heterocycles. The highest BCUT2D eigenvalue weighted by Crippen LogP contribution is 2.29. The van der Waals surface area contributed by atoms with Gasteiger partial charge in [-0.15, -0.1) is 0 Å². The van der Waals surface area contributed by atoms with Crippen LogP contribution in [0, 0.1) is 0 Å². The smallest absolute Gasteiger partial charge is 0.343 e. The highest BCUT2D eigenvalue weighted by molar-refractivity contribution is 9.10. The lowest BCUT2D eigenvalue weighted by Gasteiger charge is -2.11. The van der Waals surface area contributed by atoms with Gasteiger partial charge >= 0.3 is 5.97 Å². The lowest BCUT2D eigenvalue weighted by atomic mass is 10.2. The van der Waals surface area contributed by atoms with Crippen molar-refractivity contribution in [2.45, 2.75) is 6.92 Å². The molecule has 0 aromatic heterocycles. The summed E-state index contributed by atoms with van der Waals surface area (Å²) in [7, 11) is 1.55. The molecule has 0 aliphatic carbocycles. The zero-order chi connectivity index (χ0) is 22.9. The molecule has 1 amide bonds. The van der Waals surface area contributed by atoms with Crippen molar-refractivity contribution in [2.75, 3.05) is 13.7 Å². The summed E-state index contributed by atoms with van der Waals surface area (Å²) in [6.07, 6.45) is 1.48. The van der Waals surface area contributed by atoms with Crippen LogP contribution in [0.5, 0.6) is 17.2 Å². The second-order valence-corrected chi connectivity index (χ2v) is 7.38. The molecule has 0 aliphatic rings. The Bertz CT molecular complexity index is 1130. The van der Waals surface area contributed by atoms with Gasteiger partial charge in [0.15, 0.2) is 11.5 Å². The third kappa shape index (κ3) is 6.18. The molecular formula is C24H21BrN2O5. The molecule has 3 aromatic carbocycles. The summed E-state index contributed by atoms with van der Waals surface area (Å²) < 4.78 is 17.0. The van der Waals surface area contributed by atoms with Crippen molar-refractivity contribution in [1.29, 1.82) is 0 Å². The van der Waals surface area contributed by atoms with E-state index in [1.165, 1.54) is 6.21 Å². The molecule has 0 spiro atoms. The van der Waals surface area contributed by atoms with E-state index in [1.807, 2.05) is 13.0 Å². The SMILES string of the molecule is CCOc1cc(/C=N/NC(=O)c2cccc(Br)c2)ccc1OC(=O)c1ccc(OC)cc1. The van der Waals surface area contributed by atoms with Crippen LogP contribution in [0.15, 0.2) is 76.3 Å². The molecule has 8 heteroatoms. The van der Waals surface area contributed by atoms with Crippen molar-refractivity contribution < 1.29 is 23.8 Å². The summed E-state index contributed by atoms with van der Waals surface area (Å²) in [5.74, 6) is 0.459. The predicted molar refractivity (Wildman–Crippen MR) is 125 cm³/mol. The number of methoxy groups -OCH3 is 1. The van der Waals surface area contributed by atoms with E-state index in [0.717, 1.165) is 4.47 Å². The Kier molecular flexibility index (Phi) is 7.99. The molecule has 32 heavy (non-hydrogen) atoms. The number of hydrogen-bond donors (Lipinski definition) is 1. The summed E-state index contributed by atoms with van der Waals surface area (Å²) in [5, 5.41) is 3.99. The number of esters is 1. The standard InChI is InChI=1S/C24H21BrN2O5/c1-3-31-22-13-16(15-26-27-23(28)18-5-4-6-19(25)14-18)7-12-21(22)32-24(29)17-8-10-20(30-2)11-9-17/h4-15H,3H2,1-2H3,(H,27,28)/b26-15+. The number of nitrogens with zero attached hydrogens (tertiary/aromatic N) is 1. The van der Waals surface area contributed by atoms with Gasteiger partial charge in [0.2, 0.25) is 0 Å². The number of benzene rings is 3. The molecule has 3 rings (SSSR count). The number of carbonyl (C=O) groups excluding carboxylic acids is 2. The van der Waals surface area contributed by atoms with Gasteiger partial charge in [0.25, 0.3) is 5.91 Å². The second-order valence-electron chi connectivity index (χ2n) is 6.47. The molecule has 0 unspecified atom stereocenters. The van der Waals surface area contributed by atoms with Gasteiger partial charge in [0.05, 0.1) is 25.5 Å². The van der Waals surface area contributed by atoms with E-state index in [2.05, 4.69) is 26.5 Å². The molecule has 7 nitrogen and oxygen atoms in total. The average molecular weight is 497 g/mol. The van der Waals surface area contributed by atoms with Gasteiger partial charge in [-0.05, 0) is 73.2 Å². The number of carbonyl (C=O) groups is 2. The summed E-state index contributed by atoms with van der Waals surface area (Å²) >= 11 is 3.33. The van der Waals surface area contributed by atoms with Gasteiger partial charge in [0.1, 0.15) is 5.75 Å². The van der Waals surface area contributed by atoms with Gasteiger partial charge in [-0.2, -0.15) is 5.10 Å². The summed E-state index contributed by atoms with van der Waals surface area (Å²) in [6, 6.07) is 18.6. The normalized spacial score (nSPS) is 10.6. The van der Waals surface area contributed by atoms with Gasteiger partial charge in [-0.25, -0.2) is 10.2 Å². The van der Waals surface area contributed by atoms with Crippen LogP contribution in [0.1, 0.15) is 33.2 Å². The third-order valence-corrected chi connectivity index (χ3v) is 4.76. The molecule has 0 fully saturated rings. The van der Waals surface area contributed by atoms with E-state index in [4.69, 9.17) is 14.2 Å². The number of hydrazone groups is 1. The van der Waals surface area contributed by atoms with Gasteiger partial charge in [-0.1, -0.05) is 22.0 Å². The average Bonchev–Trinajstić information content (AvgIpc) is 2.80. The summed E-state index contributed by atoms with van der Waals surface area (Å²) in [4.78, 5) is 24.6. The monoisotopic (exact) mass is 496 g/mol. The zero-order valence-electron chi connectivity index (χ0n) is 17.5. The fourth-order valence-corrected chi connectivity index (χ4v) is 3.10. The van der Waals surface area contributed by atoms with E-state index in [9.17, 15) is 9.59 Å². The van der Waals surface area contributed by atoms with Crippen molar-refractivity contribution in [3.63, 3.8) is 0 Å². The minimum absolute atomic E-state index is 0.281. The maximum Gasteiger partial charge on any atom is 0.343 e. The van der Waals surface area contributed by atoms with Crippen LogP contribution in [-0.2, 0) is 0 Å². The lowest BCUT2D eigenvalue weighted by molar-refractivity contribution is 0.0728. The molecule has 0 bridgehead atoms. The fraction of sp³-hybridized carbons (Fsp3) is 0.125. The highest BCUT2D eigenvalue weighted by atomic mass is 79.9. The molecule has 3 aromatic rings. The predicted octanol–water partition coefficient (Wildman–Crippen LogP) is 4.84. The van der Waals surface area contributed by atoms with E-state index in [0.29, 0.717) is 34.8 Å². The van der Waals surface area contributed by atoms with Crippen LogP contribution in [0.2, 0.25) is 0 Å². The first-order valence-electron chi connectivity index (χ1n) is 9.72. The van der Waals surface area contributed by atoms with E-state index in [1.54, 1.807) is 67.8 Å². The van der Waals surface area contributed by atoms with Crippen molar-refractivity contribution in [3.05, 3.63) is 87.9 Å². The van der Waals surface area contributed by atoms with E-state index in [-0.39, 0.29) is 11.7 Å². The Balaban J connectivity index is 1.69. The largest absolute Gasteiger partial charge is 0.497 e. The zero-order valence-corrected chi connectivity index (χ0v) is 19.1. The van der Waals surface area contributed by atoms with Crippen molar-refractivity contribution in [3.8, 4) is 17.2 Å². The first-order chi connectivity index (χ1) is 15.5. The highest BCUT2D eigenvalue weighted by Gasteiger charge is 2.13. The molecule has 0 atom stereocenters. The van der Waals surface area contributed by atoms with E-state index >= 15 is 0 Å². The number of halogens is 1. The van der Waals surface area contributed by atoms with Crippen LogP contribution in [0.4, 0.5) is 0 Å². The van der Waals surface area contributed by atoms with Crippen LogP contribution in [0.25, 0.3) is 0 Å². The Morgan fingerprint density at radius 2 is 1.78 bits per heavy atom. The van der Waals surface area contributed by atoms with Gasteiger partial charge < -0.3 is 14.2 Å². The molecular weight excluding hydrogens is 476 g/mol. The van der Waals surface area contributed by atoms with Gasteiger partial charge in [0, 0.05) is 10.0 Å². The lowest BCUT2D eigenvalue weighted by Crippen LogP contribution is -2.17. The second kappa shape index (κ2) is 11.1. The van der Waals surface area contributed by atoms with E-state index < -0.39 is 5.97 Å². The maximum atomic E-state index is 12.5. The third-order valence-electron chi connectivity index (χ3n) is 4.26. The minimum Gasteiger partial charge on any atom is -0.497 e. The van der Waals surface area contributed by atoms with Crippen LogP contribution < -0.4 is 19.6 Å². The Labute approximate surface area is 194 Å². The number of amides is 1. The molecule has 1 N–H and O–H groups in total. The number of rotatable bonds is 8. The molecule has 164 valence electrons. The topological polar surface area (TPSA) is 86.2 Å². The number of hydrogen-bond acceptors (Lipinski definition) is 6. The minimum atomic E-state index is -0.517. The van der Waals surface area contributed by atoms with Crippen LogP contribution in [-0.4, -0.2) is 31.8 Å². The van der Waals surface area contributed by atoms with Crippen LogP contribution in [0.3, 0.4) is 0 Å². The number of nitrogens with one attached hydrogen (secondary N) is 1. The summed E-state index contributed by atoms with van der Waals surface area (Å²) in [5.41, 5.74) is 4.00. The summed E-state index contributed by atoms with van der Waals surface area (Å²) in [6.45, 7) is 2.21. The number of ether oxygens (including phenoxy) is 3. The first kappa shape index (κ1) is 23.0. The van der Waals surface area contributed by atoms with Crippen LogP contribution >= 0.6 is 15.9 Å². The first-order valence-corrected chi connectivity index (χ1v) is 10.5.